The largest absolute Gasteiger partial charge is 0.419 e. The van der Waals surface area contributed by atoms with Crippen molar-refractivity contribution in [2.75, 3.05) is 0 Å². The van der Waals surface area contributed by atoms with Gasteiger partial charge in [0.2, 0.25) is 0 Å². The molecule has 0 amide bonds. The molecule has 22 heteroatoms. The van der Waals surface area contributed by atoms with E-state index in [1.807, 2.05) is 0 Å². The molecule has 6 nitrogen and oxygen atoms in total. The van der Waals surface area contributed by atoms with E-state index in [0.717, 1.165) is 25.1 Å². The van der Waals surface area contributed by atoms with Gasteiger partial charge in [0.25, 0.3) is 0 Å². The Hall–Kier alpha value is -7.18. The zero-order chi connectivity index (χ0) is 47.9. The van der Waals surface area contributed by atoms with Gasteiger partial charge in [0.15, 0.2) is 0 Å². The van der Waals surface area contributed by atoms with Crippen LogP contribution in [0.15, 0.2) is 79.4 Å². The molecule has 0 aliphatic heterocycles. The number of nitrogens with zero attached hydrogens (tertiary/aromatic N) is 5. The fourth-order valence-electron chi connectivity index (χ4n) is 6.02. The number of alkyl halides is 12. The summed E-state index contributed by atoms with van der Waals surface area (Å²) in [5.41, 5.74) is -14.0. The Morgan fingerprint density at radius 3 is 1.05 bits per heavy atom. The first-order valence-electron chi connectivity index (χ1n) is 17.4. The number of hydrogen-bond acceptors (Lipinski definition) is 6. The SMILES string of the molecule is C=Cc1nc(-c2ccc(C(F)(F)F)c(F)c2)c(-c2ccc(C(F)(F)F)c(F)c2)nc1C(=N)c1nc(-c2ccc(C(F)(F)F)c(F)c2)c(-c2ccc(C(F)(F)F)c(F)c2)nc1C.CC#N. The number of hydrogen-bond donors (Lipinski definition) is 1. The smallest absolute Gasteiger partial charge is 0.296 e. The van der Waals surface area contributed by atoms with Gasteiger partial charge in [0, 0.05) is 29.2 Å². The Morgan fingerprint density at radius 2 is 0.781 bits per heavy atom. The maximum absolute atomic E-state index is 14.9. The molecule has 0 fully saturated rings. The number of aryl methyl sites for hydroxylation is 1. The van der Waals surface area contributed by atoms with Crippen molar-refractivity contribution in [3.05, 3.63) is 148 Å². The van der Waals surface area contributed by atoms with Crippen molar-refractivity contribution in [3.8, 4) is 51.1 Å². The normalized spacial score (nSPS) is 12.0. The molecule has 0 unspecified atom stereocenters. The van der Waals surface area contributed by atoms with Crippen molar-refractivity contribution in [3.63, 3.8) is 0 Å². The average Bonchev–Trinajstić information content (AvgIpc) is 3.18. The predicted octanol–water partition coefficient (Wildman–Crippen LogP) is 13.5. The third kappa shape index (κ3) is 9.87. The zero-order valence-corrected chi connectivity index (χ0v) is 32.0. The first kappa shape index (κ1) is 47.9. The molecule has 0 atom stereocenters. The van der Waals surface area contributed by atoms with Gasteiger partial charge in [0.05, 0.1) is 62.5 Å². The van der Waals surface area contributed by atoms with Gasteiger partial charge in [-0.05, 0) is 61.5 Å². The lowest BCUT2D eigenvalue weighted by molar-refractivity contribution is -0.140. The summed E-state index contributed by atoms with van der Waals surface area (Å²) in [4.78, 5) is 17.0. The molecule has 0 bridgehead atoms. The van der Waals surface area contributed by atoms with Crippen LogP contribution in [0.1, 0.15) is 52.0 Å². The van der Waals surface area contributed by atoms with Crippen LogP contribution in [0, 0.1) is 46.9 Å². The van der Waals surface area contributed by atoms with E-state index in [-0.39, 0.29) is 5.69 Å². The molecule has 2 heterocycles. The highest BCUT2D eigenvalue weighted by molar-refractivity contribution is 6.11. The molecular formula is C42H22F16N6. The molecule has 6 rings (SSSR count). The van der Waals surface area contributed by atoms with Crippen molar-refractivity contribution in [1.29, 1.82) is 10.7 Å². The topological polar surface area (TPSA) is 99.2 Å². The van der Waals surface area contributed by atoms with Crippen molar-refractivity contribution in [2.45, 2.75) is 38.6 Å². The molecule has 64 heavy (non-hydrogen) atoms. The molecule has 0 aliphatic rings. The van der Waals surface area contributed by atoms with Crippen molar-refractivity contribution < 1.29 is 70.2 Å². The van der Waals surface area contributed by atoms with E-state index < -0.39 is 138 Å². The number of rotatable bonds is 7. The van der Waals surface area contributed by atoms with Crippen LogP contribution in [0.5, 0.6) is 0 Å². The Morgan fingerprint density at radius 1 is 0.516 bits per heavy atom. The molecule has 332 valence electrons. The van der Waals surface area contributed by atoms with Crippen LogP contribution >= 0.6 is 0 Å². The molecule has 2 aromatic heterocycles. The van der Waals surface area contributed by atoms with Crippen molar-refractivity contribution >= 4 is 11.8 Å². The summed E-state index contributed by atoms with van der Waals surface area (Å²) in [7, 11) is 0. The lowest BCUT2D eigenvalue weighted by Crippen LogP contribution is -2.16. The van der Waals surface area contributed by atoms with Gasteiger partial charge in [0.1, 0.15) is 40.4 Å². The summed E-state index contributed by atoms with van der Waals surface area (Å²) < 4.78 is 221. The van der Waals surface area contributed by atoms with Crippen molar-refractivity contribution in [1.82, 2.24) is 19.9 Å². The molecule has 0 saturated heterocycles. The fraction of sp³-hybridized carbons (Fsp3) is 0.143. The minimum Gasteiger partial charge on any atom is -0.296 e. The van der Waals surface area contributed by atoms with E-state index >= 15 is 0 Å². The summed E-state index contributed by atoms with van der Waals surface area (Å²) in [6.07, 6.45) is -19.8. The predicted molar refractivity (Wildman–Crippen MR) is 198 cm³/mol. The van der Waals surface area contributed by atoms with Crippen LogP contribution in [0.25, 0.3) is 51.1 Å². The van der Waals surface area contributed by atoms with Gasteiger partial charge in [-0.25, -0.2) is 37.5 Å². The Balaban J connectivity index is 0.00000250. The molecular weight excluding hydrogens is 892 g/mol. The first-order valence-corrected chi connectivity index (χ1v) is 17.4. The lowest BCUT2D eigenvalue weighted by Gasteiger charge is -2.18. The number of halogens is 16. The summed E-state index contributed by atoms with van der Waals surface area (Å²) in [6, 6.07) is 7.27. The number of nitrogens with one attached hydrogen (secondary N) is 1. The summed E-state index contributed by atoms with van der Waals surface area (Å²) in [5.74, 6) is -7.33. The minimum atomic E-state index is -5.20. The third-order valence-electron chi connectivity index (χ3n) is 8.85. The van der Waals surface area contributed by atoms with Crippen LogP contribution in [-0.2, 0) is 24.7 Å². The first-order chi connectivity index (χ1) is 29.6. The third-order valence-corrected chi connectivity index (χ3v) is 8.85. The summed E-state index contributed by atoms with van der Waals surface area (Å²) in [5, 5.41) is 16.5. The second-order valence-electron chi connectivity index (χ2n) is 13.1. The van der Waals surface area contributed by atoms with Crippen LogP contribution in [-0.4, -0.2) is 25.6 Å². The van der Waals surface area contributed by atoms with E-state index in [2.05, 4.69) is 26.5 Å². The standard InChI is InChI=1S/C40H19F16N5.C2H3N/c1-3-29-36(61-35(20-7-11-24(28(44)15-20)40(54,55)56)33(59-29)18-5-9-22(26(42)13-18)38(48,49)50)30(57)31-16(2)58-32(17-4-8-21(25(41)12-17)37(45,46)47)34(60-31)19-6-10-23(27(43)14-19)39(51,52)53;1-2-3/h3-15,57H,1H2,2H3;1H3. The fourth-order valence-corrected chi connectivity index (χ4v) is 6.02. The molecule has 0 radical (unpaired) electrons. The number of benzene rings is 4. The average molecular weight is 915 g/mol. The quantitative estimate of drug-likeness (QED) is 0.127. The van der Waals surface area contributed by atoms with Crippen LogP contribution in [0.4, 0.5) is 70.2 Å². The van der Waals surface area contributed by atoms with Gasteiger partial charge in [-0.1, -0.05) is 30.8 Å². The van der Waals surface area contributed by atoms with E-state index in [1.165, 1.54) is 6.92 Å². The van der Waals surface area contributed by atoms with E-state index in [1.54, 1.807) is 6.07 Å². The van der Waals surface area contributed by atoms with E-state index in [9.17, 15) is 70.2 Å². The van der Waals surface area contributed by atoms with Gasteiger partial charge < -0.3 is 0 Å². The molecule has 1 N–H and O–H groups in total. The molecule has 0 aliphatic carbocycles. The molecule has 4 aromatic carbocycles. The van der Waals surface area contributed by atoms with Crippen LogP contribution < -0.4 is 0 Å². The molecule has 0 spiro atoms. The van der Waals surface area contributed by atoms with Gasteiger partial charge in [-0.15, -0.1) is 0 Å². The second kappa shape index (κ2) is 17.5. The lowest BCUT2D eigenvalue weighted by atomic mass is 9.98. The molecule has 6 aromatic rings. The second-order valence-corrected chi connectivity index (χ2v) is 13.1. The van der Waals surface area contributed by atoms with Crippen LogP contribution in [0.2, 0.25) is 0 Å². The van der Waals surface area contributed by atoms with Gasteiger partial charge in [-0.3, -0.25) is 5.41 Å². The highest BCUT2D eigenvalue weighted by atomic mass is 19.4. The summed E-state index contributed by atoms with van der Waals surface area (Å²) in [6.45, 7) is 6.13. The van der Waals surface area contributed by atoms with Gasteiger partial charge >= 0.3 is 24.7 Å². The summed E-state index contributed by atoms with van der Waals surface area (Å²) >= 11 is 0. The Bertz CT molecular complexity index is 2850. The van der Waals surface area contributed by atoms with Gasteiger partial charge in [-0.2, -0.15) is 57.9 Å². The number of aromatic nitrogens is 4. The Kier molecular flexibility index (Phi) is 13.1. The van der Waals surface area contributed by atoms with Crippen molar-refractivity contribution in [2.24, 2.45) is 0 Å². The van der Waals surface area contributed by atoms with E-state index in [0.29, 0.717) is 60.7 Å². The highest BCUT2D eigenvalue weighted by Crippen LogP contribution is 2.41. The minimum absolute atomic E-state index is 0.295. The zero-order valence-electron chi connectivity index (χ0n) is 32.0. The molecule has 0 saturated carbocycles. The highest BCUT2D eigenvalue weighted by Gasteiger charge is 2.38. The van der Waals surface area contributed by atoms with Crippen LogP contribution in [0.3, 0.4) is 0 Å². The monoisotopic (exact) mass is 914 g/mol. The maximum Gasteiger partial charge on any atom is 0.419 e. The number of nitriles is 1. The maximum atomic E-state index is 14.9. The Labute approximate surface area is 349 Å². The van der Waals surface area contributed by atoms with E-state index in [4.69, 9.17) is 10.7 Å².